The Balaban J connectivity index is 0.00000103. The quantitative estimate of drug-likeness (QED) is 0.325. The van der Waals surface area contributed by atoms with E-state index >= 15 is 0 Å². The van der Waals surface area contributed by atoms with E-state index in [0.29, 0.717) is 38.3 Å². The van der Waals surface area contributed by atoms with Gasteiger partial charge < -0.3 is 29.7 Å². The van der Waals surface area contributed by atoms with Crippen molar-refractivity contribution in [2.75, 3.05) is 37.6 Å². The SMILES string of the molecule is CC(=O)O.CC(=O)Oc1cccc(C(=O)NCC(=O)N2CCN(c3ccc(OCc4ccccc4)cc3)CC2)c1. The van der Waals surface area contributed by atoms with Crippen molar-refractivity contribution in [3.8, 4) is 11.5 Å². The Morgan fingerprint density at radius 1 is 0.825 bits per heavy atom. The number of nitrogens with one attached hydrogen (secondary N) is 1. The van der Waals surface area contributed by atoms with E-state index in [1.54, 1.807) is 23.1 Å². The van der Waals surface area contributed by atoms with Crippen LogP contribution in [0.5, 0.6) is 11.5 Å². The summed E-state index contributed by atoms with van der Waals surface area (Å²) in [5, 5.41) is 10.1. The van der Waals surface area contributed by atoms with Gasteiger partial charge in [0.25, 0.3) is 11.9 Å². The molecule has 4 rings (SSSR count). The predicted molar refractivity (Wildman–Crippen MR) is 149 cm³/mol. The Morgan fingerprint density at radius 3 is 2.10 bits per heavy atom. The molecule has 10 nitrogen and oxygen atoms in total. The van der Waals surface area contributed by atoms with Crippen LogP contribution in [0.25, 0.3) is 0 Å². The van der Waals surface area contributed by atoms with Crippen LogP contribution in [0.4, 0.5) is 5.69 Å². The number of esters is 1. The second-order valence-electron chi connectivity index (χ2n) is 8.96. The fourth-order valence-electron chi connectivity index (χ4n) is 3.94. The largest absolute Gasteiger partial charge is 0.489 e. The highest BCUT2D eigenvalue weighted by Crippen LogP contribution is 2.21. The van der Waals surface area contributed by atoms with Gasteiger partial charge in [-0.25, -0.2) is 0 Å². The third-order valence-electron chi connectivity index (χ3n) is 5.84. The lowest BCUT2D eigenvalue weighted by Crippen LogP contribution is -2.51. The summed E-state index contributed by atoms with van der Waals surface area (Å²) in [6, 6.07) is 24.3. The lowest BCUT2D eigenvalue weighted by atomic mass is 10.2. The molecule has 40 heavy (non-hydrogen) atoms. The normalized spacial score (nSPS) is 12.4. The molecule has 0 atom stereocenters. The Hall–Kier alpha value is -4.86. The van der Waals surface area contributed by atoms with Crippen LogP contribution in [0.3, 0.4) is 0 Å². The number of ether oxygens (including phenoxy) is 2. The van der Waals surface area contributed by atoms with E-state index in [-0.39, 0.29) is 18.2 Å². The molecule has 0 aromatic heterocycles. The zero-order chi connectivity index (χ0) is 28.9. The lowest BCUT2D eigenvalue weighted by molar-refractivity contribution is -0.134. The van der Waals surface area contributed by atoms with Gasteiger partial charge in [0, 0.05) is 51.3 Å². The van der Waals surface area contributed by atoms with E-state index in [9.17, 15) is 14.4 Å². The van der Waals surface area contributed by atoms with Crippen LogP contribution in [0.2, 0.25) is 0 Å². The van der Waals surface area contributed by atoms with E-state index in [1.165, 1.54) is 13.0 Å². The molecule has 0 spiro atoms. The van der Waals surface area contributed by atoms with E-state index in [1.807, 2.05) is 54.6 Å². The third kappa shape index (κ3) is 9.79. The van der Waals surface area contributed by atoms with Crippen LogP contribution >= 0.6 is 0 Å². The third-order valence-corrected chi connectivity index (χ3v) is 5.84. The topological polar surface area (TPSA) is 125 Å². The Kier molecular flexibility index (Phi) is 11.1. The van der Waals surface area contributed by atoms with Gasteiger partial charge in [-0.05, 0) is 48.0 Å². The number of nitrogens with zero attached hydrogens (tertiary/aromatic N) is 2. The molecule has 210 valence electrons. The first-order valence-electron chi connectivity index (χ1n) is 12.8. The molecule has 0 unspecified atom stereocenters. The summed E-state index contributed by atoms with van der Waals surface area (Å²) in [6.07, 6.45) is 0. The molecule has 3 aromatic carbocycles. The van der Waals surface area contributed by atoms with Crippen molar-refractivity contribution in [3.63, 3.8) is 0 Å². The van der Waals surface area contributed by atoms with E-state index < -0.39 is 17.8 Å². The molecular formula is C30H33N3O7. The average molecular weight is 548 g/mol. The molecular weight excluding hydrogens is 514 g/mol. The zero-order valence-electron chi connectivity index (χ0n) is 22.5. The molecule has 1 aliphatic heterocycles. The summed E-state index contributed by atoms with van der Waals surface area (Å²) < 4.78 is 10.9. The summed E-state index contributed by atoms with van der Waals surface area (Å²) in [7, 11) is 0. The van der Waals surface area contributed by atoms with Crippen LogP contribution in [0.1, 0.15) is 29.8 Å². The van der Waals surface area contributed by atoms with Gasteiger partial charge in [-0.3, -0.25) is 19.2 Å². The first-order valence-corrected chi connectivity index (χ1v) is 12.8. The summed E-state index contributed by atoms with van der Waals surface area (Å²) in [6.45, 7) is 5.36. The minimum absolute atomic E-state index is 0.0932. The van der Waals surface area contributed by atoms with Gasteiger partial charge in [0.1, 0.15) is 18.1 Å². The zero-order valence-corrected chi connectivity index (χ0v) is 22.5. The highest BCUT2D eigenvalue weighted by molar-refractivity contribution is 5.96. The molecule has 0 radical (unpaired) electrons. The number of aliphatic carboxylic acids is 1. The molecule has 10 heteroatoms. The molecule has 0 bridgehead atoms. The minimum atomic E-state index is -0.833. The van der Waals surface area contributed by atoms with Crippen molar-refractivity contribution < 1.29 is 33.8 Å². The molecule has 1 saturated heterocycles. The first-order chi connectivity index (χ1) is 19.2. The molecule has 1 aliphatic rings. The Bertz CT molecular complexity index is 1280. The van der Waals surface area contributed by atoms with E-state index in [4.69, 9.17) is 19.4 Å². The highest BCUT2D eigenvalue weighted by Gasteiger charge is 2.22. The minimum Gasteiger partial charge on any atom is -0.489 e. The molecule has 2 amide bonds. The van der Waals surface area contributed by atoms with Gasteiger partial charge in [0.2, 0.25) is 5.91 Å². The summed E-state index contributed by atoms with van der Waals surface area (Å²) >= 11 is 0. The molecule has 0 aliphatic carbocycles. The highest BCUT2D eigenvalue weighted by atomic mass is 16.5. The number of piperazine rings is 1. The van der Waals surface area contributed by atoms with Crippen molar-refractivity contribution in [2.45, 2.75) is 20.5 Å². The maximum absolute atomic E-state index is 12.6. The number of carbonyl (C=O) groups excluding carboxylic acids is 3. The molecule has 2 N–H and O–H groups in total. The van der Waals surface area contributed by atoms with Crippen molar-refractivity contribution in [2.24, 2.45) is 0 Å². The number of hydrogen-bond donors (Lipinski definition) is 2. The number of amides is 2. The summed E-state index contributed by atoms with van der Waals surface area (Å²) in [4.78, 5) is 49.1. The summed E-state index contributed by atoms with van der Waals surface area (Å²) in [5.74, 6) is -0.734. The standard InChI is InChI=1S/C28H29N3O5.C2H4O2/c1-21(32)36-26-9-5-8-23(18-26)28(34)29-19-27(33)31-16-14-30(15-17-31)24-10-12-25(13-11-24)35-20-22-6-3-2-4-7-22;1-2(3)4/h2-13,18H,14-17,19-20H2,1H3,(H,29,34);1H3,(H,3,4). The number of hydrogen-bond acceptors (Lipinski definition) is 7. The number of carbonyl (C=O) groups is 4. The van der Waals surface area contributed by atoms with Crippen LogP contribution in [-0.2, 0) is 21.0 Å². The van der Waals surface area contributed by atoms with Crippen molar-refractivity contribution >= 4 is 29.4 Å². The van der Waals surface area contributed by atoms with Gasteiger partial charge >= 0.3 is 5.97 Å². The van der Waals surface area contributed by atoms with Crippen molar-refractivity contribution in [1.82, 2.24) is 10.2 Å². The molecule has 1 heterocycles. The molecule has 1 fully saturated rings. The van der Waals surface area contributed by atoms with Crippen molar-refractivity contribution in [1.29, 1.82) is 0 Å². The predicted octanol–water partition coefficient (Wildman–Crippen LogP) is 3.36. The van der Waals surface area contributed by atoms with E-state index in [0.717, 1.165) is 23.9 Å². The Labute approximate surface area is 233 Å². The number of rotatable bonds is 8. The average Bonchev–Trinajstić information content (AvgIpc) is 2.95. The number of carboxylic acid groups (broad SMARTS) is 1. The second-order valence-corrected chi connectivity index (χ2v) is 8.96. The molecule has 3 aromatic rings. The van der Waals surface area contributed by atoms with E-state index in [2.05, 4.69) is 10.2 Å². The van der Waals surface area contributed by atoms with Crippen LogP contribution in [0.15, 0.2) is 78.9 Å². The van der Waals surface area contributed by atoms with Crippen LogP contribution in [0, 0.1) is 0 Å². The maximum atomic E-state index is 12.6. The molecule has 0 saturated carbocycles. The number of benzene rings is 3. The van der Waals surface area contributed by atoms with Crippen LogP contribution in [-0.4, -0.2) is 66.5 Å². The van der Waals surface area contributed by atoms with Gasteiger partial charge in [-0.15, -0.1) is 0 Å². The Morgan fingerprint density at radius 2 is 1.48 bits per heavy atom. The van der Waals surface area contributed by atoms with Gasteiger partial charge in [-0.2, -0.15) is 0 Å². The number of carboxylic acids is 1. The fourth-order valence-corrected chi connectivity index (χ4v) is 3.94. The second kappa shape index (κ2) is 14.9. The number of anilines is 1. The lowest BCUT2D eigenvalue weighted by Gasteiger charge is -2.36. The maximum Gasteiger partial charge on any atom is 0.308 e. The van der Waals surface area contributed by atoms with Gasteiger partial charge in [0.15, 0.2) is 0 Å². The first kappa shape index (κ1) is 29.7. The van der Waals surface area contributed by atoms with Gasteiger partial charge in [-0.1, -0.05) is 36.4 Å². The fraction of sp³-hybridized carbons (Fsp3) is 0.267. The van der Waals surface area contributed by atoms with Crippen LogP contribution < -0.4 is 19.7 Å². The van der Waals surface area contributed by atoms with Gasteiger partial charge in [0.05, 0.1) is 6.54 Å². The van der Waals surface area contributed by atoms with Crippen molar-refractivity contribution in [3.05, 3.63) is 90.0 Å². The monoisotopic (exact) mass is 547 g/mol. The smallest absolute Gasteiger partial charge is 0.308 e. The summed E-state index contributed by atoms with van der Waals surface area (Å²) in [5.41, 5.74) is 2.52.